The lowest BCUT2D eigenvalue weighted by molar-refractivity contribution is 0.170. The molecular weight excluding hydrogens is 359 g/mol. The third kappa shape index (κ3) is 3.36. The highest BCUT2D eigenvalue weighted by Crippen LogP contribution is 2.38. The van der Waals surface area contributed by atoms with Crippen molar-refractivity contribution in [1.82, 2.24) is 9.88 Å². The first-order valence-electron chi connectivity index (χ1n) is 9.60. The van der Waals surface area contributed by atoms with Crippen molar-refractivity contribution < 1.29 is 18.3 Å². The van der Waals surface area contributed by atoms with Gasteiger partial charge < -0.3 is 13.9 Å². The summed E-state index contributed by atoms with van der Waals surface area (Å²) in [4.78, 5) is 7.01. The maximum Gasteiger partial charge on any atom is 0.226 e. The van der Waals surface area contributed by atoms with Crippen LogP contribution in [-0.4, -0.2) is 29.6 Å². The fourth-order valence-corrected chi connectivity index (χ4v) is 3.97. The number of ether oxygens (including phenoxy) is 2. The Labute approximate surface area is 162 Å². The number of aromatic nitrogens is 1. The molecule has 5 rings (SSSR count). The second-order valence-corrected chi connectivity index (χ2v) is 7.18. The molecule has 0 saturated carbocycles. The van der Waals surface area contributed by atoms with E-state index >= 15 is 0 Å². The molecule has 1 atom stereocenters. The fourth-order valence-electron chi connectivity index (χ4n) is 3.97. The minimum absolute atomic E-state index is 0.269. The molecule has 0 bridgehead atoms. The summed E-state index contributed by atoms with van der Waals surface area (Å²) >= 11 is 0. The predicted octanol–water partition coefficient (Wildman–Crippen LogP) is 4.59. The number of oxazole rings is 1. The van der Waals surface area contributed by atoms with Crippen LogP contribution in [0.4, 0.5) is 4.39 Å². The molecule has 0 N–H and O–H groups in total. The maximum atomic E-state index is 13.1. The van der Waals surface area contributed by atoms with E-state index in [1.165, 1.54) is 17.7 Å². The number of nitrogens with zero attached hydrogens (tertiary/aromatic N) is 2. The minimum Gasteiger partial charge on any atom is -0.486 e. The molecule has 144 valence electrons. The molecule has 0 radical (unpaired) electrons. The van der Waals surface area contributed by atoms with Crippen LogP contribution in [-0.2, 0) is 6.54 Å². The first-order valence-corrected chi connectivity index (χ1v) is 9.60. The quantitative estimate of drug-likeness (QED) is 0.663. The van der Waals surface area contributed by atoms with Gasteiger partial charge in [-0.05, 0) is 61.3 Å². The SMILES string of the molecule is Fc1ccc(-c2nc(CN3CCC[C@@H]3c3ccc4c(c3)OCCO4)co2)cc1. The van der Waals surface area contributed by atoms with E-state index in [-0.39, 0.29) is 5.82 Å². The summed E-state index contributed by atoms with van der Waals surface area (Å²) in [7, 11) is 0. The molecule has 2 aliphatic rings. The molecule has 0 unspecified atom stereocenters. The number of hydrogen-bond acceptors (Lipinski definition) is 5. The molecule has 1 saturated heterocycles. The van der Waals surface area contributed by atoms with Gasteiger partial charge in [0, 0.05) is 18.2 Å². The van der Waals surface area contributed by atoms with Gasteiger partial charge in [0.15, 0.2) is 11.5 Å². The molecule has 1 aromatic heterocycles. The number of likely N-dealkylation sites (tertiary alicyclic amines) is 1. The standard InChI is InChI=1S/C22H21FN2O3/c23-17-6-3-15(4-7-17)22-24-18(14-28-22)13-25-9-1-2-19(25)16-5-8-20-21(12-16)27-11-10-26-20/h3-8,12,14,19H,1-2,9-11,13H2/t19-/m1/s1. The molecule has 3 aromatic rings. The fraction of sp³-hybridized carbons (Fsp3) is 0.318. The van der Waals surface area contributed by atoms with Crippen LogP contribution in [0.15, 0.2) is 53.1 Å². The Hall–Kier alpha value is -2.86. The molecule has 0 aliphatic carbocycles. The van der Waals surface area contributed by atoms with Crippen LogP contribution >= 0.6 is 0 Å². The summed E-state index contributed by atoms with van der Waals surface area (Å²) in [6, 6.07) is 12.7. The normalized spacial score (nSPS) is 19.1. The Morgan fingerprint density at radius 1 is 1.04 bits per heavy atom. The lowest BCUT2D eigenvalue weighted by Gasteiger charge is -2.25. The van der Waals surface area contributed by atoms with Gasteiger partial charge in [-0.25, -0.2) is 9.37 Å². The molecule has 5 nitrogen and oxygen atoms in total. The van der Waals surface area contributed by atoms with Gasteiger partial charge in [0.1, 0.15) is 25.3 Å². The van der Waals surface area contributed by atoms with Gasteiger partial charge in [-0.3, -0.25) is 4.90 Å². The van der Waals surface area contributed by atoms with E-state index in [1.807, 2.05) is 6.07 Å². The van der Waals surface area contributed by atoms with Crippen LogP contribution in [0.5, 0.6) is 11.5 Å². The molecular formula is C22H21FN2O3. The molecule has 2 aliphatic heterocycles. The zero-order valence-electron chi connectivity index (χ0n) is 15.4. The molecule has 28 heavy (non-hydrogen) atoms. The average Bonchev–Trinajstić information content (AvgIpc) is 3.38. The van der Waals surface area contributed by atoms with Crippen molar-refractivity contribution >= 4 is 0 Å². The number of fused-ring (bicyclic) bond motifs is 1. The van der Waals surface area contributed by atoms with E-state index in [2.05, 4.69) is 22.0 Å². The summed E-state index contributed by atoms with van der Waals surface area (Å²) in [6.45, 7) is 2.92. The van der Waals surface area contributed by atoms with Crippen molar-refractivity contribution in [3.8, 4) is 23.0 Å². The van der Waals surface area contributed by atoms with Gasteiger partial charge in [-0.2, -0.15) is 0 Å². The van der Waals surface area contributed by atoms with Crippen LogP contribution in [0.1, 0.15) is 30.1 Å². The summed E-state index contributed by atoms with van der Waals surface area (Å²) in [5.74, 6) is 1.90. The van der Waals surface area contributed by atoms with E-state index in [0.717, 1.165) is 42.1 Å². The second kappa shape index (κ2) is 7.28. The highest BCUT2D eigenvalue weighted by Gasteiger charge is 2.28. The van der Waals surface area contributed by atoms with Crippen molar-refractivity contribution in [1.29, 1.82) is 0 Å². The van der Waals surface area contributed by atoms with E-state index in [9.17, 15) is 4.39 Å². The number of benzene rings is 2. The van der Waals surface area contributed by atoms with Gasteiger partial charge >= 0.3 is 0 Å². The van der Waals surface area contributed by atoms with Gasteiger partial charge in [-0.15, -0.1) is 0 Å². The van der Waals surface area contributed by atoms with Crippen LogP contribution in [0.25, 0.3) is 11.5 Å². The Kier molecular flexibility index (Phi) is 4.49. The molecule has 3 heterocycles. The Morgan fingerprint density at radius 2 is 1.86 bits per heavy atom. The average molecular weight is 380 g/mol. The van der Waals surface area contributed by atoms with Crippen LogP contribution in [0, 0.1) is 5.82 Å². The predicted molar refractivity (Wildman–Crippen MR) is 102 cm³/mol. The smallest absolute Gasteiger partial charge is 0.226 e. The highest BCUT2D eigenvalue weighted by molar-refractivity contribution is 5.52. The van der Waals surface area contributed by atoms with Crippen molar-refractivity contribution in [2.45, 2.75) is 25.4 Å². The maximum absolute atomic E-state index is 13.1. The zero-order valence-corrected chi connectivity index (χ0v) is 15.4. The third-order valence-corrected chi connectivity index (χ3v) is 5.32. The summed E-state index contributed by atoms with van der Waals surface area (Å²) < 4.78 is 30.1. The van der Waals surface area contributed by atoms with Gasteiger partial charge in [0.05, 0.1) is 5.69 Å². The molecule has 1 fully saturated rings. The lowest BCUT2D eigenvalue weighted by Crippen LogP contribution is -2.23. The molecule has 2 aromatic carbocycles. The molecule has 0 amide bonds. The van der Waals surface area contributed by atoms with E-state index in [1.54, 1.807) is 18.4 Å². The van der Waals surface area contributed by atoms with E-state index in [0.29, 0.717) is 31.7 Å². The second-order valence-electron chi connectivity index (χ2n) is 7.18. The van der Waals surface area contributed by atoms with Gasteiger partial charge in [0.2, 0.25) is 5.89 Å². The summed E-state index contributed by atoms with van der Waals surface area (Å²) in [5, 5.41) is 0. The highest BCUT2D eigenvalue weighted by atomic mass is 19.1. The largest absolute Gasteiger partial charge is 0.486 e. The van der Waals surface area contributed by atoms with Crippen LogP contribution in [0.3, 0.4) is 0 Å². The van der Waals surface area contributed by atoms with E-state index < -0.39 is 0 Å². The van der Waals surface area contributed by atoms with Crippen LogP contribution in [0.2, 0.25) is 0 Å². The number of rotatable bonds is 4. The molecule has 0 spiro atoms. The monoisotopic (exact) mass is 380 g/mol. The van der Waals surface area contributed by atoms with Gasteiger partial charge in [0.25, 0.3) is 0 Å². The van der Waals surface area contributed by atoms with Gasteiger partial charge in [-0.1, -0.05) is 6.07 Å². The number of halogens is 1. The summed E-state index contributed by atoms with van der Waals surface area (Å²) in [6.07, 6.45) is 3.93. The van der Waals surface area contributed by atoms with Crippen molar-refractivity contribution in [2.75, 3.05) is 19.8 Å². The Balaban J connectivity index is 1.33. The van der Waals surface area contributed by atoms with Crippen LogP contribution < -0.4 is 9.47 Å². The summed E-state index contributed by atoms with van der Waals surface area (Å²) in [5.41, 5.74) is 2.89. The number of hydrogen-bond donors (Lipinski definition) is 0. The Bertz CT molecular complexity index is 970. The first kappa shape index (κ1) is 17.3. The third-order valence-electron chi connectivity index (χ3n) is 5.32. The first-order chi connectivity index (χ1) is 13.8. The van der Waals surface area contributed by atoms with E-state index in [4.69, 9.17) is 13.9 Å². The lowest BCUT2D eigenvalue weighted by atomic mass is 10.0. The van der Waals surface area contributed by atoms with Crippen molar-refractivity contribution in [3.63, 3.8) is 0 Å². The van der Waals surface area contributed by atoms with Crippen molar-refractivity contribution in [2.24, 2.45) is 0 Å². The minimum atomic E-state index is -0.269. The topological polar surface area (TPSA) is 47.7 Å². The Morgan fingerprint density at radius 3 is 2.71 bits per heavy atom. The van der Waals surface area contributed by atoms with Crippen molar-refractivity contribution in [3.05, 3.63) is 65.8 Å². The zero-order chi connectivity index (χ0) is 18.9. The molecule has 6 heteroatoms.